The quantitative estimate of drug-likeness (QED) is 0.778. The molecule has 2 heterocycles. The summed E-state index contributed by atoms with van der Waals surface area (Å²) in [7, 11) is 0. The molecule has 0 aliphatic rings. The number of hydrogen-bond acceptors (Lipinski definition) is 3. The van der Waals surface area contributed by atoms with Crippen molar-refractivity contribution in [1.82, 2.24) is 14.8 Å². The molecule has 0 atom stereocenters. The molecule has 0 saturated heterocycles. The molecule has 0 aliphatic heterocycles. The van der Waals surface area contributed by atoms with E-state index in [0.29, 0.717) is 6.54 Å². The molecule has 0 amide bonds. The van der Waals surface area contributed by atoms with Gasteiger partial charge in [0.2, 0.25) is 0 Å². The second kappa shape index (κ2) is 5.08. The van der Waals surface area contributed by atoms with E-state index in [1.165, 1.54) is 12.1 Å². The van der Waals surface area contributed by atoms with E-state index in [4.69, 9.17) is 0 Å². The zero-order chi connectivity index (χ0) is 13.1. The molecule has 0 fully saturated rings. The predicted octanol–water partition coefficient (Wildman–Crippen LogP) is 2.17. The first kappa shape index (κ1) is 12.4. The molecule has 0 aromatic carbocycles. The van der Waals surface area contributed by atoms with E-state index in [-0.39, 0.29) is 17.9 Å². The van der Waals surface area contributed by atoms with Crippen molar-refractivity contribution in [1.29, 1.82) is 0 Å². The summed E-state index contributed by atoms with van der Waals surface area (Å²) in [4.78, 5) is 15.8. The van der Waals surface area contributed by atoms with E-state index < -0.39 is 5.82 Å². The van der Waals surface area contributed by atoms with Gasteiger partial charge in [-0.05, 0) is 32.0 Å². The summed E-state index contributed by atoms with van der Waals surface area (Å²) in [6.07, 6.45) is 1.28. The molecule has 0 bridgehead atoms. The van der Waals surface area contributed by atoms with Gasteiger partial charge in [-0.2, -0.15) is 5.10 Å². The van der Waals surface area contributed by atoms with Gasteiger partial charge >= 0.3 is 0 Å². The van der Waals surface area contributed by atoms with Crippen molar-refractivity contribution in [3.05, 3.63) is 47.3 Å². The molecule has 0 unspecified atom stereocenters. The first-order valence-corrected chi connectivity index (χ1v) is 5.78. The average molecular weight is 247 g/mol. The first-order valence-electron chi connectivity index (χ1n) is 5.78. The van der Waals surface area contributed by atoms with Crippen LogP contribution >= 0.6 is 0 Å². The molecule has 2 aromatic heterocycles. The summed E-state index contributed by atoms with van der Waals surface area (Å²) < 4.78 is 14.5. The predicted molar refractivity (Wildman–Crippen MR) is 64.9 cm³/mol. The Balaban J connectivity index is 2.18. The molecular formula is C13H14FN3O. The molecule has 4 nitrogen and oxygen atoms in total. The Morgan fingerprint density at radius 3 is 2.83 bits per heavy atom. The lowest BCUT2D eigenvalue weighted by Crippen LogP contribution is -2.11. The number of Topliss-reactive ketones (excluding diaryl/α,β-unsaturated/α-hetero) is 1. The Morgan fingerprint density at radius 2 is 2.22 bits per heavy atom. The number of halogens is 1. The number of nitrogens with zero attached hydrogens (tertiary/aromatic N) is 3. The van der Waals surface area contributed by atoms with Gasteiger partial charge < -0.3 is 0 Å². The Morgan fingerprint density at radius 1 is 1.44 bits per heavy atom. The lowest BCUT2D eigenvalue weighted by Gasteiger charge is -2.03. The Bertz CT molecular complexity index is 560. The largest absolute Gasteiger partial charge is 0.292 e. The van der Waals surface area contributed by atoms with Crippen molar-refractivity contribution in [3.8, 4) is 0 Å². The summed E-state index contributed by atoms with van der Waals surface area (Å²) in [6, 6.07) is 4.52. The highest BCUT2D eigenvalue weighted by Gasteiger charge is 2.12. The van der Waals surface area contributed by atoms with Crippen LogP contribution in [0.25, 0.3) is 0 Å². The summed E-state index contributed by atoms with van der Waals surface area (Å²) in [5.74, 6) is -0.578. The van der Waals surface area contributed by atoms with Crippen molar-refractivity contribution < 1.29 is 9.18 Å². The fourth-order valence-corrected chi connectivity index (χ4v) is 1.81. The minimum Gasteiger partial charge on any atom is -0.292 e. The van der Waals surface area contributed by atoms with Crippen LogP contribution in [0, 0.1) is 12.7 Å². The SMILES string of the molecule is CCn1nc(C)cc1CC(=O)c1ccc(F)cn1. The zero-order valence-electron chi connectivity index (χ0n) is 10.4. The van der Waals surface area contributed by atoms with Gasteiger partial charge in [0.25, 0.3) is 0 Å². The van der Waals surface area contributed by atoms with E-state index in [1.807, 2.05) is 19.9 Å². The molecule has 5 heteroatoms. The molecule has 0 spiro atoms. The minimum absolute atomic E-state index is 0.135. The van der Waals surface area contributed by atoms with E-state index in [1.54, 1.807) is 4.68 Å². The number of hydrogen-bond donors (Lipinski definition) is 0. The Kier molecular flexibility index (Phi) is 3.50. The highest BCUT2D eigenvalue weighted by Crippen LogP contribution is 2.08. The maximum Gasteiger partial charge on any atom is 0.187 e. The molecular weight excluding hydrogens is 233 g/mol. The maximum atomic E-state index is 12.7. The first-order chi connectivity index (χ1) is 8.60. The standard InChI is InChI=1S/C13H14FN3O/c1-3-17-11(6-9(2)16-17)7-13(18)12-5-4-10(14)8-15-12/h4-6,8H,3,7H2,1-2H3. The highest BCUT2D eigenvalue weighted by atomic mass is 19.1. The van der Waals surface area contributed by atoms with E-state index >= 15 is 0 Å². The Labute approximate surface area is 104 Å². The normalized spacial score (nSPS) is 10.6. The molecule has 0 radical (unpaired) electrons. The number of rotatable bonds is 4. The number of carbonyl (C=O) groups is 1. The lowest BCUT2D eigenvalue weighted by molar-refractivity contribution is 0.0985. The van der Waals surface area contributed by atoms with Gasteiger partial charge in [-0.25, -0.2) is 4.39 Å². The molecule has 18 heavy (non-hydrogen) atoms. The molecule has 94 valence electrons. The second-order valence-corrected chi connectivity index (χ2v) is 4.05. The van der Waals surface area contributed by atoms with Gasteiger partial charge in [0.05, 0.1) is 18.3 Å². The van der Waals surface area contributed by atoms with Gasteiger partial charge in [0.1, 0.15) is 11.5 Å². The Hall–Kier alpha value is -2.04. The number of aryl methyl sites for hydroxylation is 2. The molecule has 2 aromatic rings. The molecule has 2 rings (SSSR count). The van der Waals surface area contributed by atoms with Crippen LogP contribution in [-0.2, 0) is 13.0 Å². The van der Waals surface area contributed by atoms with Crippen molar-refractivity contribution in [3.63, 3.8) is 0 Å². The van der Waals surface area contributed by atoms with Crippen molar-refractivity contribution in [2.24, 2.45) is 0 Å². The minimum atomic E-state index is -0.444. The maximum absolute atomic E-state index is 12.7. The second-order valence-electron chi connectivity index (χ2n) is 4.05. The third-order valence-electron chi connectivity index (χ3n) is 2.64. The number of ketones is 1. The molecule has 0 aliphatic carbocycles. The van der Waals surface area contributed by atoms with Crippen molar-refractivity contribution in [2.75, 3.05) is 0 Å². The van der Waals surface area contributed by atoms with Gasteiger partial charge in [0, 0.05) is 12.2 Å². The van der Waals surface area contributed by atoms with Crippen molar-refractivity contribution in [2.45, 2.75) is 26.8 Å². The fraction of sp³-hybridized carbons (Fsp3) is 0.308. The lowest BCUT2D eigenvalue weighted by atomic mass is 10.1. The average Bonchev–Trinajstić information content (AvgIpc) is 2.70. The van der Waals surface area contributed by atoms with Crippen LogP contribution in [-0.4, -0.2) is 20.5 Å². The topological polar surface area (TPSA) is 47.8 Å². The number of aromatic nitrogens is 3. The summed E-state index contributed by atoms with van der Waals surface area (Å²) in [5.41, 5.74) is 2.01. The van der Waals surface area contributed by atoms with Crippen molar-refractivity contribution >= 4 is 5.78 Å². The summed E-state index contributed by atoms with van der Waals surface area (Å²) in [6.45, 7) is 4.57. The van der Waals surface area contributed by atoms with Crippen LogP contribution in [0.4, 0.5) is 4.39 Å². The third kappa shape index (κ3) is 2.61. The van der Waals surface area contributed by atoms with Crippen LogP contribution in [0.5, 0.6) is 0 Å². The fourth-order valence-electron chi connectivity index (χ4n) is 1.81. The van der Waals surface area contributed by atoms with Crippen LogP contribution in [0.1, 0.15) is 28.8 Å². The van der Waals surface area contributed by atoms with Crippen LogP contribution in [0.3, 0.4) is 0 Å². The highest BCUT2D eigenvalue weighted by molar-refractivity contribution is 5.95. The smallest absolute Gasteiger partial charge is 0.187 e. The third-order valence-corrected chi connectivity index (χ3v) is 2.64. The molecule has 0 N–H and O–H groups in total. The van der Waals surface area contributed by atoms with Crippen LogP contribution < -0.4 is 0 Å². The van der Waals surface area contributed by atoms with Gasteiger partial charge in [-0.3, -0.25) is 14.5 Å². The summed E-state index contributed by atoms with van der Waals surface area (Å²) in [5, 5.41) is 4.27. The van der Waals surface area contributed by atoms with Gasteiger partial charge in [-0.15, -0.1) is 0 Å². The van der Waals surface area contributed by atoms with Crippen LogP contribution in [0.15, 0.2) is 24.4 Å². The molecule has 0 saturated carbocycles. The van der Waals surface area contributed by atoms with E-state index in [0.717, 1.165) is 17.6 Å². The van der Waals surface area contributed by atoms with Gasteiger partial charge in [-0.1, -0.05) is 0 Å². The number of pyridine rings is 1. The zero-order valence-corrected chi connectivity index (χ0v) is 10.4. The van der Waals surface area contributed by atoms with Crippen LogP contribution in [0.2, 0.25) is 0 Å². The summed E-state index contributed by atoms with van der Waals surface area (Å²) >= 11 is 0. The van der Waals surface area contributed by atoms with E-state index in [9.17, 15) is 9.18 Å². The van der Waals surface area contributed by atoms with E-state index in [2.05, 4.69) is 10.1 Å². The van der Waals surface area contributed by atoms with Gasteiger partial charge in [0.15, 0.2) is 5.78 Å². The number of carbonyl (C=O) groups excluding carboxylic acids is 1. The monoisotopic (exact) mass is 247 g/mol.